The normalized spacial score (nSPS) is 7.68. The van der Waals surface area contributed by atoms with Gasteiger partial charge >= 0.3 is 0 Å². The maximum Gasteiger partial charge on any atom is 0.267 e. The summed E-state index contributed by atoms with van der Waals surface area (Å²) < 4.78 is 5.27. The Bertz CT molecular complexity index is 437. The highest BCUT2D eigenvalue weighted by Gasteiger charge is 2.07. The summed E-state index contributed by atoms with van der Waals surface area (Å²) in [5.41, 5.74) is 6.09. The van der Waals surface area contributed by atoms with Gasteiger partial charge in [-0.05, 0) is 25.5 Å². The number of amides is 1. The first kappa shape index (κ1) is 19.3. The highest BCUT2D eigenvalue weighted by Crippen LogP contribution is 2.13. The summed E-state index contributed by atoms with van der Waals surface area (Å²) in [6, 6.07) is 1.71. The van der Waals surface area contributed by atoms with Crippen LogP contribution >= 0.6 is 0 Å². The van der Waals surface area contributed by atoms with E-state index in [9.17, 15) is 4.79 Å². The molecule has 1 aromatic heterocycles. The van der Waals surface area contributed by atoms with Gasteiger partial charge in [-0.25, -0.2) is 4.98 Å². The van der Waals surface area contributed by atoms with Crippen molar-refractivity contribution in [2.45, 2.75) is 41.5 Å². The lowest BCUT2D eigenvalue weighted by atomic mass is 10.2. The smallest absolute Gasteiger partial charge is 0.267 e. The minimum Gasteiger partial charge on any atom is -0.479 e. The lowest BCUT2D eigenvalue weighted by Gasteiger charge is -2.04. The van der Waals surface area contributed by atoms with E-state index in [0.29, 0.717) is 17.9 Å². The third kappa shape index (κ3) is 7.82. The van der Waals surface area contributed by atoms with Crippen LogP contribution in [0.15, 0.2) is 12.3 Å². The first-order valence-corrected chi connectivity index (χ1v) is 6.44. The summed E-state index contributed by atoms with van der Waals surface area (Å²) in [7, 11) is 0. The summed E-state index contributed by atoms with van der Waals surface area (Å²) in [4.78, 5) is 14.8. The van der Waals surface area contributed by atoms with Gasteiger partial charge in [-0.15, -0.1) is 5.92 Å². The number of nitrogens with two attached hydrogens (primary N) is 1. The number of pyridine rings is 1. The zero-order valence-electron chi connectivity index (χ0n) is 12.7. The van der Waals surface area contributed by atoms with E-state index in [2.05, 4.69) is 16.8 Å². The van der Waals surface area contributed by atoms with E-state index in [1.165, 1.54) is 6.20 Å². The van der Waals surface area contributed by atoms with Crippen molar-refractivity contribution >= 4 is 5.91 Å². The van der Waals surface area contributed by atoms with Gasteiger partial charge in [0.1, 0.15) is 18.1 Å². The molecule has 1 aromatic rings. The number of aromatic nitrogens is 1. The topological polar surface area (TPSA) is 65.2 Å². The Morgan fingerprint density at radius 1 is 1.42 bits per heavy atom. The van der Waals surface area contributed by atoms with Crippen LogP contribution in [0, 0.1) is 18.8 Å². The molecule has 108 valence electrons. The number of carbonyl (C=O) groups excluding carboxylic acids is 1. The Kier molecular flexibility index (Phi) is 12.6. The highest BCUT2D eigenvalue weighted by molar-refractivity contribution is 5.92. The summed E-state index contributed by atoms with van der Waals surface area (Å²) in [6.45, 7) is 11.8. The largest absolute Gasteiger partial charge is 0.479 e. The zero-order valence-corrected chi connectivity index (χ0v) is 12.7. The molecule has 19 heavy (non-hydrogen) atoms. The van der Waals surface area contributed by atoms with Crippen molar-refractivity contribution in [3.8, 4) is 17.6 Å². The van der Waals surface area contributed by atoms with Crippen molar-refractivity contribution in [1.82, 2.24) is 4.98 Å². The van der Waals surface area contributed by atoms with Crippen LogP contribution in [0.1, 0.15) is 52.1 Å². The van der Waals surface area contributed by atoms with E-state index in [4.69, 9.17) is 10.5 Å². The fourth-order valence-corrected chi connectivity index (χ4v) is 1.08. The monoisotopic (exact) mass is 266 g/mol. The molecule has 1 rings (SSSR count). The second-order valence-corrected chi connectivity index (χ2v) is 2.92. The summed E-state index contributed by atoms with van der Waals surface area (Å²) in [5, 5.41) is 0. The van der Waals surface area contributed by atoms with Gasteiger partial charge in [-0.2, -0.15) is 0 Å². The minimum absolute atomic E-state index is 0. The molecule has 0 radical (unpaired) electrons. The summed E-state index contributed by atoms with van der Waals surface area (Å²) >= 11 is 0. The van der Waals surface area contributed by atoms with Crippen molar-refractivity contribution in [3.05, 3.63) is 23.5 Å². The summed E-state index contributed by atoms with van der Waals surface area (Å²) in [5.74, 6) is 5.52. The van der Waals surface area contributed by atoms with Crippen molar-refractivity contribution in [1.29, 1.82) is 0 Å². The van der Waals surface area contributed by atoms with E-state index in [1.54, 1.807) is 19.9 Å². The van der Waals surface area contributed by atoms with Gasteiger partial charge in [0, 0.05) is 1.43 Å². The van der Waals surface area contributed by atoms with Crippen LogP contribution in [0.2, 0.25) is 0 Å². The van der Waals surface area contributed by atoms with Gasteiger partial charge in [-0.1, -0.05) is 33.6 Å². The molecule has 4 heteroatoms. The molecule has 0 bridgehead atoms. The highest BCUT2D eigenvalue weighted by atomic mass is 16.5. The standard InChI is InChI=1S/C11H12N2O2.2C2H6.H2/c1-3-4-5-15-9-6-8(2)10(11(12)14)13-7-9;2*1-2;/h6-7H,5H2,1-2H3,(H2,12,14);2*1-2H3;1H. The molecule has 0 aliphatic carbocycles. The Labute approximate surface area is 117 Å². The number of rotatable bonds is 3. The lowest BCUT2D eigenvalue weighted by molar-refractivity contribution is 0.0995. The molecule has 1 amide bonds. The molecule has 1 heterocycles. The average Bonchev–Trinajstić information content (AvgIpc) is 2.43. The number of carbonyl (C=O) groups is 1. The Hall–Kier alpha value is -2.02. The van der Waals surface area contributed by atoms with Gasteiger partial charge in [0.2, 0.25) is 0 Å². The molecule has 0 unspecified atom stereocenters. The second-order valence-electron chi connectivity index (χ2n) is 2.92. The minimum atomic E-state index is -0.535. The van der Waals surface area contributed by atoms with Crippen LogP contribution < -0.4 is 10.5 Å². The van der Waals surface area contributed by atoms with E-state index in [-0.39, 0.29) is 7.12 Å². The Morgan fingerprint density at radius 3 is 2.42 bits per heavy atom. The quantitative estimate of drug-likeness (QED) is 0.854. The molecule has 0 saturated heterocycles. The third-order valence-corrected chi connectivity index (χ3v) is 1.77. The van der Waals surface area contributed by atoms with E-state index < -0.39 is 5.91 Å². The molecule has 2 N–H and O–H groups in total. The maximum absolute atomic E-state index is 10.9. The van der Waals surface area contributed by atoms with Crippen LogP contribution in [0.25, 0.3) is 0 Å². The summed E-state index contributed by atoms with van der Waals surface area (Å²) in [6.07, 6.45) is 1.46. The van der Waals surface area contributed by atoms with Crippen LogP contribution in [-0.2, 0) is 0 Å². The lowest BCUT2D eigenvalue weighted by Crippen LogP contribution is -2.14. The molecule has 0 aliphatic heterocycles. The van der Waals surface area contributed by atoms with Crippen molar-refractivity contribution in [3.63, 3.8) is 0 Å². The second kappa shape index (κ2) is 12.4. The van der Waals surface area contributed by atoms with E-state index in [0.717, 1.165) is 0 Å². The molecule has 4 nitrogen and oxygen atoms in total. The molecule has 0 atom stereocenters. The number of hydrogen-bond donors (Lipinski definition) is 1. The van der Waals surface area contributed by atoms with Gasteiger partial charge in [0.15, 0.2) is 0 Å². The Morgan fingerprint density at radius 2 is 2.00 bits per heavy atom. The predicted octanol–water partition coefficient (Wildman–Crippen LogP) is 3.19. The number of nitrogens with zero attached hydrogens (tertiary/aromatic N) is 1. The number of ether oxygens (including phenoxy) is 1. The number of primary amides is 1. The average molecular weight is 266 g/mol. The van der Waals surface area contributed by atoms with Crippen LogP contribution in [0.4, 0.5) is 0 Å². The van der Waals surface area contributed by atoms with Gasteiger partial charge < -0.3 is 10.5 Å². The van der Waals surface area contributed by atoms with Crippen LogP contribution in [-0.4, -0.2) is 17.5 Å². The molecular formula is C15H26N2O2. The first-order valence-electron chi connectivity index (χ1n) is 6.44. The van der Waals surface area contributed by atoms with Gasteiger partial charge in [0.25, 0.3) is 5.91 Å². The van der Waals surface area contributed by atoms with Crippen molar-refractivity contribution in [2.24, 2.45) is 5.73 Å². The zero-order chi connectivity index (χ0) is 15.3. The molecule has 0 aliphatic rings. The first-order chi connectivity index (χ1) is 9.15. The molecular weight excluding hydrogens is 240 g/mol. The molecule has 0 aromatic carbocycles. The fraction of sp³-hybridized carbons (Fsp3) is 0.467. The molecule has 0 spiro atoms. The van der Waals surface area contributed by atoms with Crippen molar-refractivity contribution < 1.29 is 11.0 Å². The predicted molar refractivity (Wildman–Crippen MR) is 81.2 cm³/mol. The SMILES string of the molecule is CC.CC.CC#CCOc1cnc(C(N)=O)c(C)c1.[HH]. The maximum atomic E-state index is 10.9. The van der Waals surface area contributed by atoms with Crippen molar-refractivity contribution in [2.75, 3.05) is 6.61 Å². The fourth-order valence-electron chi connectivity index (χ4n) is 1.08. The van der Waals surface area contributed by atoms with E-state index in [1.807, 2.05) is 27.7 Å². The number of aryl methyl sites for hydroxylation is 1. The van der Waals surface area contributed by atoms with Gasteiger partial charge in [-0.3, -0.25) is 4.79 Å². The van der Waals surface area contributed by atoms with Crippen LogP contribution in [0.3, 0.4) is 0 Å². The van der Waals surface area contributed by atoms with Crippen LogP contribution in [0.5, 0.6) is 5.75 Å². The molecule has 0 saturated carbocycles. The number of hydrogen-bond acceptors (Lipinski definition) is 3. The van der Waals surface area contributed by atoms with Gasteiger partial charge in [0.05, 0.1) is 6.20 Å². The molecule has 0 fully saturated rings. The van der Waals surface area contributed by atoms with E-state index >= 15 is 0 Å². The third-order valence-electron chi connectivity index (χ3n) is 1.77. The Balaban J connectivity index is -0.000000529.